The third kappa shape index (κ3) is 4.93. The average molecular weight is 278 g/mol. The van der Waals surface area contributed by atoms with Crippen LogP contribution in [0.1, 0.15) is 16.7 Å². The van der Waals surface area contributed by atoms with Gasteiger partial charge in [-0.1, -0.05) is 42.0 Å². The minimum Gasteiger partial charge on any atom is -0.497 e. The molecule has 102 valence electrons. The first kappa shape index (κ1) is 15.5. The lowest BCUT2D eigenvalue weighted by Gasteiger charge is -2.06. The van der Waals surface area contributed by atoms with Crippen LogP contribution in [0.4, 0.5) is 0 Å². The second-order valence-corrected chi connectivity index (χ2v) is 4.44. The molecule has 3 heteroatoms. The van der Waals surface area contributed by atoms with Gasteiger partial charge in [-0.15, -0.1) is 12.4 Å². The van der Waals surface area contributed by atoms with Crippen LogP contribution >= 0.6 is 12.4 Å². The number of rotatable bonds is 5. The van der Waals surface area contributed by atoms with E-state index in [-0.39, 0.29) is 12.4 Å². The first-order valence-electron chi connectivity index (χ1n) is 6.17. The van der Waals surface area contributed by atoms with Gasteiger partial charge >= 0.3 is 0 Å². The molecule has 2 aromatic carbocycles. The Bertz CT molecular complexity index is 479. The molecule has 0 unspecified atom stereocenters. The fourth-order valence-electron chi connectivity index (χ4n) is 1.80. The monoisotopic (exact) mass is 277 g/mol. The highest BCUT2D eigenvalue weighted by Crippen LogP contribution is 2.11. The standard InChI is InChI=1S/C16H19NO.ClH/c1-13-3-5-14(6-4-13)11-17-12-15-7-9-16(18-2)10-8-15;/h3-10,17H,11-12H2,1-2H3;1H. The number of benzene rings is 2. The highest BCUT2D eigenvalue weighted by atomic mass is 35.5. The molecule has 0 spiro atoms. The molecule has 0 bridgehead atoms. The molecule has 0 aromatic heterocycles. The van der Waals surface area contributed by atoms with Crippen molar-refractivity contribution in [3.63, 3.8) is 0 Å². The summed E-state index contributed by atoms with van der Waals surface area (Å²) >= 11 is 0. The van der Waals surface area contributed by atoms with Gasteiger partial charge in [0.1, 0.15) is 5.75 Å². The number of methoxy groups -OCH3 is 1. The van der Waals surface area contributed by atoms with Crippen molar-refractivity contribution in [1.29, 1.82) is 0 Å². The van der Waals surface area contributed by atoms with Crippen molar-refractivity contribution in [2.75, 3.05) is 7.11 Å². The zero-order chi connectivity index (χ0) is 12.8. The first-order chi connectivity index (χ1) is 8.78. The van der Waals surface area contributed by atoms with Crippen LogP contribution in [0, 0.1) is 6.92 Å². The number of nitrogens with one attached hydrogen (secondary N) is 1. The molecule has 0 saturated carbocycles. The second kappa shape index (κ2) is 7.82. The lowest BCUT2D eigenvalue weighted by atomic mass is 10.1. The van der Waals surface area contributed by atoms with Crippen molar-refractivity contribution < 1.29 is 4.74 Å². The topological polar surface area (TPSA) is 21.3 Å². The van der Waals surface area contributed by atoms with Crippen molar-refractivity contribution in [2.45, 2.75) is 20.0 Å². The van der Waals surface area contributed by atoms with Crippen LogP contribution in [0.3, 0.4) is 0 Å². The van der Waals surface area contributed by atoms with Crippen molar-refractivity contribution in [3.05, 3.63) is 65.2 Å². The van der Waals surface area contributed by atoms with Gasteiger partial charge in [-0.3, -0.25) is 0 Å². The smallest absolute Gasteiger partial charge is 0.118 e. The van der Waals surface area contributed by atoms with Crippen molar-refractivity contribution in [2.24, 2.45) is 0 Å². The van der Waals surface area contributed by atoms with Gasteiger partial charge in [-0.05, 0) is 30.2 Å². The van der Waals surface area contributed by atoms with E-state index in [4.69, 9.17) is 4.74 Å². The maximum Gasteiger partial charge on any atom is 0.118 e. The van der Waals surface area contributed by atoms with Crippen LogP contribution in [-0.4, -0.2) is 7.11 Å². The zero-order valence-electron chi connectivity index (χ0n) is 11.3. The molecule has 0 aliphatic carbocycles. The van der Waals surface area contributed by atoms with Crippen LogP contribution < -0.4 is 10.1 Å². The van der Waals surface area contributed by atoms with Gasteiger partial charge in [0.25, 0.3) is 0 Å². The molecule has 2 nitrogen and oxygen atoms in total. The van der Waals surface area contributed by atoms with Crippen LogP contribution in [0.25, 0.3) is 0 Å². The van der Waals surface area contributed by atoms with E-state index in [9.17, 15) is 0 Å². The van der Waals surface area contributed by atoms with Crippen molar-refractivity contribution in [3.8, 4) is 5.75 Å². The highest BCUT2D eigenvalue weighted by molar-refractivity contribution is 5.85. The third-order valence-corrected chi connectivity index (χ3v) is 2.94. The number of hydrogen-bond donors (Lipinski definition) is 1. The fourth-order valence-corrected chi connectivity index (χ4v) is 1.80. The quantitative estimate of drug-likeness (QED) is 0.899. The lowest BCUT2D eigenvalue weighted by molar-refractivity contribution is 0.414. The molecule has 2 rings (SSSR count). The summed E-state index contributed by atoms with van der Waals surface area (Å²) in [5, 5.41) is 3.43. The number of ether oxygens (including phenoxy) is 1. The Kier molecular flexibility index (Phi) is 6.40. The minimum atomic E-state index is 0. The highest BCUT2D eigenvalue weighted by Gasteiger charge is 1.95. The Labute approximate surface area is 121 Å². The average Bonchev–Trinajstić information content (AvgIpc) is 2.42. The molecular formula is C16H20ClNO. The summed E-state index contributed by atoms with van der Waals surface area (Å²) in [7, 11) is 1.69. The summed E-state index contributed by atoms with van der Waals surface area (Å²) in [5.41, 5.74) is 3.88. The van der Waals surface area contributed by atoms with E-state index in [0.717, 1.165) is 18.8 Å². The van der Waals surface area contributed by atoms with Gasteiger partial charge in [-0.2, -0.15) is 0 Å². The Morgan fingerprint density at radius 1 is 0.842 bits per heavy atom. The second-order valence-electron chi connectivity index (χ2n) is 4.44. The molecule has 0 aliphatic rings. The summed E-state index contributed by atoms with van der Waals surface area (Å²) in [6, 6.07) is 16.8. The number of halogens is 1. The van der Waals surface area contributed by atoms with Crippen molar-refractivity contribution in [1.82, 2.24) is 5.32 Å². The normalized spacial score (nSPS) is 9.79. The van der Waals surface area contributed by atoms with Crippen LogP contribution in [-0.2, 0) is 13.1 Å². The summed E-state index contributed by atoms with van der Waals surface area (Å²) in [5.74, 6) is 0.900. The zero-order valence-corrected chi connectivity index (χ0v) is 12.2. The first-order valence-corrected chi connectivity index (χ1v) is 6.17. The van der Waals surface area contributed by atoms with Gasteiger partial charge in [-0.25, -0.2) is 0 Å². The van der Waals surface area contributed by atoms with Crippen LogP contribution in [0.5, 0.6) is 5.75 Å². The summed E-state index contributed by atoms with van der Waals surface area (Å²) in [6.45, 7) is 3.87. The SMILES string of the molecule is COc1ccc(CNCc2ccc(C)cc2)cc1.Cl. The molecule has 0 saturated heterocycles. The molecule has 0 atom stereocenters. The van der Waals surface area contributed by atoms with Gasteiger partial charge in [0.05, 0.1) is 7.11 Å². The molecule has 0 aliphatic heterocycles. The van der Waals surface area contributed by atoms with E-state index < -0.39 is 0 Å². The van der Waals surface area contributed by atoms with Crippen molar-refractivity contribution >= 4 is 12.4 Å². The van der Waals surface area contributed by atoms with E-state index >= 15 is 0 Å². The molecule has 1 N–H and O–H groups in total. The predicted molar refractivity (Wildman–Crippen MR) is 82.0 cm³/mol. The predicted octanol–water partition coefficient (Wildman–Crippen LogP) is 3.72. The van der Waals surface area contributed by atoms with Gasteiger partial charge in [0.15, 0.2) is 0 Å². The van der Waals surface area contributed by atoms with Gasteiger partial charge in [0.2, 0.25) is 0 Å². The largest absolute Gasteiger partial charge is 0.497 e. The summed E-state index contributed by atoms with van der Waals surface area (Å²) < 4.78 is 5.13. The van der Waals surface area contributed by atoms with Crippen LogP contribution in [0.15, 0.2) is 48.5 Å². The molecule has 0 fully saturated rings. The molecule has 0 radical (unpaired) electrons. The molecule has 0 heterocycles. The molecular weight excluding hydrogens is 258 g/mol. The Hall–Kier alpha value is -1.51. The van der Waals surface area contributed by atoms with E-state index in [1.54, 1.807) is 7.11 Å². The number of aryl methyl sites for hydroxylation is 1. The van der Waals surface area contributed by atoms with Gasteiger partial charge < -0.3 is 10.1 Å². The van der Waals surface area contributed by atoms with E-state index in [1.165, 1.54) is 16.7 Å². The maximum absolute atomic E-state index is 5.13. The molecule has 2 aromatic rings. The van der Waals surface area contributed by atoms with E-state index in [2.05, 4.69) is 48.6 Å². The summed E-state index contributed by atoms with van der Waals surface area (Å²) in [4.78, 5) is 0. The third-order valence-electron chi connectivity index (χ3n) is 2.94. The van der Waals surface area contributed by atoms with Crippen LogP contribution in [0.2, 0.25) is 0 Å². The Morgan fingerprint density at radius 2 is 1.32 bits per heavy atom. The minimum absolute atomic E-state index is 0. The fraction of sp³-hybridized carbons (Fsp3) is 0.250. The van der Waals surface area contributed by atoms with E-state index in [0.29, 0.717) is 0 Å². The Balaban J connectivity index is 0.00000180. The van der Waals surface area contributed by atoms with Gasteiger partial charge in [0, 0.05) is 13.1 Å². The Morgan fingerprint density at radius 3 is 1.79 bits per heavy atom. The molecule has 19 heavy (non-hydrogen) atoms. The number of hydrogen-bond acceptors (Lipinski definition) is 2. The van der Waals surface area contributed by atoms with E-state index in [1.807, 2.05) is 12.1 Å². The maximum atomic E-state index is 5.13. The lowest BCUT2D eigenvalue weighted by Crippen LogP contribution is -2.12. The molecule has 0 amide bonds. The summed E-state index contributed by atoms with van der Waals surface area (Å²) in [6.07, 6.45) is 0.